The monoisotopic (exact) mass is 593 g/mol. The van der Waals surface area contributed by atoms with Gasteiger partial charge < -0.3 is 35.6 Å². The molecule has 0 radical (unpaired) electrons. The lowest BCUT2D eigenvalue weighted by molar-refractivity contribution is -0.137. The van der Waals surface area contributed by atoms with Crippen LogP contribution in [0.25, 0.3) is 0 Å². The van der Waals surface area contributed by atoms with E-state index in [0.29, 0.717) is 23.5 Å². The second-order valence-corrected chi connectivity index (χ2v) is 10.8. The highest BCUT2D eigenvalue weighted by molar-refractivity contribution is 6.00. The fourth-order valence-corrected chi connectivity index (χ4v) is 4.47. The van der Waals surface area contributed by atoms with Crippen LogP contribution in [0, 0.1) is 5.92 Å². The van der Waals surface area contributed by atoms with E-state index in [1.165, 1.54) is 4.90 Å². The average molecular weight is 594 g/mol. The Balaban J connectivity index is 1.84. The number of carbonyl (C=O) groups excluding carboxylic acids is 3. The molecule has 0 fully saturated rings. The molecule has 1 aliphatic heterocycles. The van der Waals surface area contributed by atoms with Gasteiger partial charge in [0.2, 0.25) is 5.91 Å². The summed E-state index contributed by atoms with van der Waals surface area (Å²) in [5.41, 5.74) is 0.141. The van der Waals surface area contributed by atoms with Crippen molar-refractivity contribution >= 4 is 29.3 Å². The number of ether oxygens (including phenoxy) is 1. The maximum absolute atomic E-state index is 13.4. The Labute approximate surface area is 243 Å². The molecule has 0 unspecified atom stereocenters. The molecule has 4 N–H and O–H groups in total. The average Bonchev–Trinajstić information content (AvgIpc) is 2.95. The molecule has 0 aromatic heterocycles. The molecule has 1 aliphatic rings. The molecule has 13 heteroatoms. The first-order valence-corrected chi connectivity index (χ1v) is 13.6. The minimum atomic E-state index is -4.49. The fraction of sp³-hybridized carbons (Fsp3) is 0.483. The standard InChI is InChI=1S/C29H38F3N5O5/c1-17(2)33-28(41)36(5)15-25-18(3)14-37(19(4)16-38)26(39)13-20-12-23(10-11-24(20)42-25)35-27(40)34-22-8-6-21(7-9-22)29(30,31)32/h6-12,17-19,25,38H,13-16H2,1-5H3,(H,33,41)(H2,34,35,40)/t18-,19-,25+/m1/s1. The number of anilines is 2. The maximum Gasteiger partial charge on any atom is 0.416 e. The van der Waals surface area contributed by atoms with Crippen molar-refractivity contribution in [2.75, 3.05) is 37.4 Å². The summed E-state index contributed by atoms with van der Waals surface area (Å²) < 4.78 is 44.8. The first kappa shape index (κ1) is 32.5. The quantitative estimate of drug-likeness (QED) is 0.375. The number of amides is 5. The molecule has 0 saturated heterocycles. The van der Waals surface area contributed by atoms with Gasteiger partial charge in [0.25, 0.3) is 0 Å². The van der Waals surface area contributed by atoms with Crippen molar-refractivity contribution in [3.8, 4) is 5.75 Å². The smallest absolute Gasteiger partial charge is 0.416 e. The van der Waals surface area contributed by atoms with E-state index in [1.807, 2.05) is 20.8 Å². The van der Waals surface area contributed by atoms with Crippen molar-refractivity contribution in [3.63, 3.8) is 0 Å². The first-order chi connectivity index (χ1) is 19.7. The van der Waals surface area contributed by atoms with Crippen LogP contribution in [-0.2, 0) is 17.4 Å². The molecule has 10 nitrogen and oxygen atoms in total. The number of alkyl halides is 3. The Morgan fingerprint density at radius 3 is 2.31 bits per heavy atom. The molecule has 3 rings (SSSR count). The molecule has 42 heavy (non-hydrogen) atoms. The van der Waals surface area contributed by atoms with Gasteiger partial charge in [0.05, 0.1) is 31.2 Å². The largest absolute Gasteiger partial charge is 0.488 e. The summed E-state index contributed by atoms with van der Waals surface area (Å²) in [7, 11) is 1.66. The number of halogens is 3. The van der Waals surface area contributed by atoms with Gasteiger partial charge >= 0.3 is 18.2 Å². The zero-order valence-electron chi connectivity index (χ0n) is 24.3. The van der Waals surface area contributed by atoms with Gasteiger partial charge in [-0.15, -0.1) is 0 Å². The number of carbonyl (C=O) groups is 3. The Hall–Kier alpha value is -4.00. The van der Waals surface area contributed by atoms with Gasteiger partial charge in [-0.05, 0) is 63.2 Å². The van der Waals surface area contributed by atoms with E-state index in [0.717, 1.165) is 24.3 Å². The first-order valence-electron chi connectivity index (χ1n) is 13.6. The maximum atomic E-state index is 13.4. The number of nitrogens with zero attached hydrogens (tertiary/aromatic N) is 2. The minimum Gasteiger partial charge on any atom is -0.488 e. The van der Waals surface area contributed by atoms with Gasteiger partial charge in [-0.25, -0.2) is 9.59 Å². The summed E-state index contributed by atoms with van der Waals surface area (Å²) in [5, 5.41) is 17.8. The molecule has 0 bridgehead atoms. The van der Waals surface area contributed by atoms with Crippen molar-refractivity contribution in [2.24, 2.45) is 5.92 Å². The van der Waals surface area contributed by atoms with Crippen LogP contribution in [0.4, 0.5) is 34.1 Å². The van der Waals surface area contributed by atoms with Gasteiger partial charge in [-0.1, -0.05) is 6.92 Å². The molecular weight excluding hydrogens is 555 g/mol. The summed E-state index contributed by atoms with van der Waals surface area (Å²) in [6, 6.07) is 7.35. The lowest BCUT2D eigenvalue weighted by Crippen LogP contribution is -2.49. The molecule has 2 aromatic rings. The Kier molecular flexibility index (Phi) is 10.7. The molecule has 5 amide bonds. The third kappa shape index (κ3) is 8.75. The highest BCUT2D eigenvalue weighted by Gasteiger charge is 2.32. The van der Waals surface area contributed by atoms with Crippen LogP contribution >= 0.6 is 0 Å². The van der Waals surface area contributed by atoms with Gasteiger partial charge in [-0.2, -0.15) is 13.2 Å². The van der Waals surface area contributed by atoms with Gasteiger partial charge in [0.1, 0.15) is 11.9 Å². The summed E-state index contributed by atoms with van der Waals surface area (Å²) in [6.45, 7) is 7.65. The van der Waals surface area contributed by atoms with E-state index in [1.54, 1.807) is 37.1 Å². The molecule has 2 aromatic carbocycles. The van der Waals surface area contributed by atoms with Crippen molar-refractivity contribution in [2.45, 2.75) is 58.5 Å². The molecule has 0 saturated carbocycles. The summed E-state index contributed by atoms with van der Waals surface area (Å²) >= 11 is 0. The number of benzene rings is 2. The molecule has 0 spiro atoms. The Morgan fingerprint density at radius 1 is 1.10 bits per heavy atom. The lowest BCUT2D eigenvalue weighted by Gasteiger charge is -2.34. The number of aliphatic hydroxyl groups is 1. The third-order valence-corrected chi connectivity index (χ3v) is 6.86. The van der Waals surface area contributed by atoms with Gasteiger partial charge in [0, 0.05) is 42.5 Å². The van der Waals surface area contributed by atoms with E-state index < -0.39 is 29.9 Å². The number of fused-ring (bicyclic) bond motifs is 1. The second kappa shape index (κ2) is 13.8. The zero-order valence-corrected chi connectivity index (χ0v) is 24.3. The number of aliphatic hydroxyl groups excluding tert-OH is 1. The Morgan fingerprint density at radius 2 is 1.71 bits per heavy atom. The third-order valence-electron chi connectivity index (χ3n) is 6.86. The number of hydrogen-bond donors (Lipinski definition) is 4. The number of hydrogen-bond acceptors (Lipinski definition) is 5. The van der Waals surface area contributed by atoms with Crippen molar-refractivity contribution < 1.29 is 37.4 Å². The number of likely N-dealkylation sites (N-methyl/N-ethyl adjacent to an activating group) is 1. The van der Waals surface area contributed by atoms with E-state index in [2.05, 4.69) is 16.0 Å². The van der Waals surface area contributed by atoms with Crippen molar-refractivity contribution in [1.29, 1.82) is 0 Å². The predicted octanol–water partition coefficient (Wildman–Crippen LogP) is 4.55. The number of rotatable bonds is 7. The van der Waals surface area contributed by atoms with Crippen LogP contribution in [0.15, 0.2) is 42.5 Å². The fourth-order valence-electron chi connectivity index (χ4n) is 4.47. The molecule has 230 valence electrons. The summed E-state index contributed by atoms with van der Waals surface area (Å²) in [4.78, 5) is 41.6. The number of urea groups is 2. The zero-order chi connectivity index (χ0) is 31.2. The van der Waals surface area contributed by atoms with Crippen LogP contribution in [0.2, 0.25) is 0 Å². The van der Waals surface area contributed by atoms with Crippen molar-refractivity contribution in [3.05, 3.63) is 53.6 Å². The van der Waals surface area contributed by atoms with Crippen LogP contribution in [0.3, 0.4) is 0 Å². The summed E-state index contributed by atoms with van der Waals surface area (Å²) in [6.07, 6.45) is -5.07. The predicted molar refractivity (Wildman–Crippen MR) is 152 cm³/mol. The molecule has 0 aliphatic carbocycles. The second-order valence-electron chi connectivity index (χ2n) is 10.8. The van der Waals surface area contributed by atoms with Crippen LogP contribution < -0.4 is 20.7 Å². The minimum absolute atomic E-state index is 0.0551. The molecule has 3 atom stereocenters. The van der Waals surface area contributed by atoms with E-state index in [9.17, 15) is 32.7 Å². The highest BCUT2D eigenvalue weighted by atomic mass is 19.4. The van der Waals surface area contributed by atoms with E-state index in [4.69, 9.17) is 4.74 Å². The lowest BCUT2D eigenvalue weighted by atomic mass is 10.0. The van der Waals surface area contributed by atoms with Crippen LogP contribution in [-0.4, -0.2) is 77.8 Å². The van der Waals surface area contributed by atoms with Crippen LogP contribution in [0.1, 0.15) is 38.8 Å². The topological polar surface area (TPSA) is 123 Å². The van der Waals surface area contributed by atoms with Gasteiger partial charge in [-0.3, -0.25) is 4.79 Å². The van der Waals surface area contributed by atoms with E-state index in [-0.39, 0.29) is 49.2 Å². The SMILES string of the molecule is CC(C)NC(=O)N(C)C[C@@H]1Oc2ccc(NC(=O)Nc3ccc(C(F)(F)F)cc3)cc2CC(=O)N([C@H](C)CO)C[C@H]1C. The van der Waals surface area contributed by atoms with Gasteiger partial charge in [0.15, 0.2) is 0 Å². The van der Waals surface area contributed by atoms with E-state index >= 15 is 0 Å². The molecular formula is C29H38F3N5O5. The molecule has 1 heterocycles. The van der Waals surface area contributed by atoms with Crippen LogP contribution in [0.5, 0.6) is 5.75 Å². The number of nitrogens with one attached hydrogen (secondary N) is 3. The highest BCUT2D eigenvalue weighted by Crippen LogP contribution is 2.31. The Bertz CT molecular complexity index is 1260. The summed E-state index contributed by atoms with van der Waals surface area (Å²) in [5.74, 6) is -0.0493. The normalized spacial score (nSPS) is 18.1. The van der Waals surface area contributed by atoms with Crippen molar-refractivity contribution in [1.82, 2.24) is 15.1 Å².